The second-order valence-electron chi connectivity index (χ2n) is 1.74. The fourth-order valence-corrected chi connectivity index (χ4v) is 0.309. The molecule has 0 saturated heterocycles. The molecule has 0 unspecified atom stereocenters. The Balaban J connectivity index is 4.09. The summed E-state index contributed by atoms with van der Waals surface area (Å²) in [5.74, 6) is 4.54. The van der Waals surface area contributed by atoms with E-state index in [0.717, 1.165) is 0 Å². The molecule has 11 heavy (non-hydrogen) atoms. The molecule has 3 heteroatoms. The highest BCUT2D eigenvalue weighted by atomic mass is 19.3. The van der Waals surface area contributed by atoms with Crippen LogP contribution in [0.5, 0.6) is 0 Å². The van der Waals surface area contributed by atoms with Crippen molar-refractivity contribution in [1.29, 1.82) is 0 Å². The van der Waals surface area contributed by atoms with Gasteiger partial charge in [-0.25, -0.2) is 0 Å². The molecule has 0 aromatic rings. The van der Waals surface area contributed by atoms with Crippen molar-refractivity contribution >= 4 is 0 Å². The highest BCUT2D eigenvalue weighted by Crippen LogP contribution is 2.04. The summed E-state index contributed by atoms with van der Waals surface area (Å²) >= 11 is 0. The molecule has 0 aromatic carbocycles. The minimum Gasteiger partial charge on any atom is -0.392 e. The maximum atomic E-state index is 11.6. The predicted octanol–water partition coefficient (Wildman–Crippen LogP) is 1.71. The van der Waals surface area contributed by atoms with Crippen LogP contribution in [-0.4, -0.2) is 11.7 Å². The lowest BCUT2D eigenvalue weighted by molar-refractivity contribution is 0.343. The van der Waals surface area contributed by atoms with Gasteiger partial charge in [0.25, 0.3) is 6.08 Å². The van der Waals surface area contributed by atoms with E-state index >= 15 is 0 Å². The first-order chi connectivity index (χ1) is 5.18. The van der Waals surface area contributed by atoms with Crippen LogP contribution in [0.1, 0.15) is 6.92 Å². The van der Waals surface area contributed by atoms with E-state index in [0.29, 0.717) is 0 Å². The van der Waals surface area contributed by atoms with Crippen LogP contribution >= 0.6 is 0 Å². The zero-order chi connectivity index (χ0) is 8.69. The number of hydrogen-bond acceptors (Lipinski definition) is 1. The monoisotopic (exact) mass is 158 g/mol. The first kappa shape index (κ1) is 9.86. The molecule has 0 bridgehead atoms. The summed E-state index contributed by atoms with van der Waals surface area (Å²) in [6.07, 6.45) is 0.929. The van der Waals surface area contributed by atoms with Gasteiger partial charge in [0.1, 0.15) is 0 Å². The van der Waals surface area contributed by atoms with Crippen LogP contribution in [-0.2, 0) is 0 Å². The number of aliphatic hydroxyl groups excluding tert-OH is 1. The van der Waals surface area contributed by atoms with E-state index < -0.39 is 6.08 Å². The first-order valence-electron chi connectivity index (χ1n) is 2.97. The minimum absolute atomic E-state index is 0.129. The molecular formula is C8H8F2O. The van der Waals surface area contributed by atoms with Crippen LogP contribution in [0.3, 0.4) is 0 Å². The predicted molar refractivity (Wildman–Crippen MR) is 38.9 cm³/mol. The fourth-order valence-electron chi connectivity index (χ4n) is 0.309. The van der Waals surface area contributed by atoms with E-state index in [1.165, 1.54) is 19.1 Å². The standard InChI is InChI=1S/C8H8F2O/c1-7(8(9)10)5-3-2-4-6-11/h2,4,11H,6H2,1H3. The summed E-state index contributed by atoms with van der Waals surface area (Å²) in [6, 6.07) is 0. The molecule has 0 rings (SSSR count). The molecule has 0 saturated carbocycles. The van der Waals surface area contributed by atoms with Crippen molar-refractivity contribution < 1.29 is 13.9 Å². The molecule has 0 aliphatic carbocycles. The third kappa shape index (κ3) is 5.31. The topological polar surface area (TPSA) is 20.2 Å². The van der Waals surface area contributed by atoms with E-state index in [1.54, 1.807) is 0 Å². The van der Waals surface area contributed by atoms with Gasteiger partial charge in [0.05, 0.1) is 12.2 Å². The maximum Gasteiger partial charge on any atom is 0.281 e. The normalized spacial score (nSPS) is 9.09. The second-order valence-corrected chi connectivity index (χ2v) is 1.74. The molecule has 0 aliphatic heterocycles. The molecule has 0 amide bonds. The summed E-state index contributed by atoms with van der Waals surface area (Å²) in [4.78, 5) is 0. The van der Waals surface area contributed by atoms with Crippen molar-refractivity contribution in [2.75, 3.05) is 6.61 Å². The van der Waals surface area contributed by atoms with Crippen molar-refractivity contribution in [2.45, 2.75) is 6.92 Å². The van der Waals surface area contributed by atoms with E-state index in [2.05, 4.69) is 11.8 Å². The van der Waals surface area contributed by atoms with Gasteiger partial charge in [-0.05, 0) is 13.0 Å². The van der Waals surface area contributed by atoms with Gasteiger partial charge in [-0.2, -0.15) is 8.78 Å². The average Bonchev–Trinajstić information content (AvgIpc) is 1.97. The van der Waals surface area contributed by atoms with Crippen LogP contribution in [0.15, 0.2) is 23.8 Å². The van der Waals surface area contributed by atoms with Crippen molar-refractivity contribution in [1.82, 2.24) is 0 Å². The molecule has 1 N–H and O–H groups in total. The molecule has 0 atom stereocenters. The number of hydrogen-bond donors (Lipinski definition) is 1. The smallest absolute Gasteiger partial charge is 0.281 e. The lowest BCUT2D eigenvalue weighted by Gasteiger charge is -1.80. The fraction of sp³-hybridized carbons (Fsp3) is 0.250. The first-order valence-corrected chi connectivity index (χ1v) is 2.97. The van der Waals surface area contributed by atoms with Crippen molar-refractivity contribution in [3.8, 4) is 11.8 Å². The Bertz CT molecular complexity index is 226. The lowest BCUT2D eigenvalue weighted by atomic mass is 10.3. The molecule has 0 aromatic heterocycles. The number of aliphatic hydroxyl groups is 1. The summed E-state index contributed by atoms with van der Waals surface area (Å²) < 4.78 is 23.3. The van der Waals surface area contributed by atoms with Crippen molar-refractivity contribution in [3.63, 3.8) is 0 Å². The summed E-state index contributed by atoms with van der Waals surface area (Å²) in [5, 5.41) is 8.23. The van der Waals surface area contributed by atoms with Gasteiger partial charge in [-0.1, -0.05) is 17.9 Å². The Morgan fingerprint density at radius 2 is 2.18 bits per heavy atom. The summed E-state index contributed by atoms with van der Waals surface area (Å²) in [7, 11) is 0. The summed E-state index contributed by atoms with van der Waals surface area (Å²) in [6.45, 7) is 1.10. The van der Waals surface area contributed by atoms with E-state index in [-0.39, 0.29) is 12.2 Å². The van der Waals surface area contributed by atoms with Gasteiger partial charge in [0, 0.05) is 0 Å². The Labute approximate surface area is 64.0 Å². The molecule has 1 nitrogen and oxygen atoms in total. The largest absolute Gasteiger partial charge is 0.392 e. The zero-order valence-corrected chi connectivity index (χ0v) is 6.06. The van der Waals surface area contributed by atoms with E-state index in [1.807, 2.05) is 0 Å². The molecular weight excluding hydrogens is 150 g/mol. The van der Waals surface area contributed by atoms with Gasteiger partial charge in [-0.3, -0.25) is 0 Å². The number of allylic oxidation sites excluding steroid dienone is 2. The lowest BCUT2D eigenvalue weighted by Crippen LogP contribution is -1.71. The van der Waals surface area contributed by atoms with Gasteiger partial charge >= 0.3 is 0 Å². The van der Waals surface area contributed by atoms with E-state index in [9.17, 15) is 8.78 Å². The molecule has 0 radical (unpaired) electrons. The van der Waals surface area contributed by atoms with Crippen LogP contribution in [0.4, 0.5) is 8.78 Å². The maximum absolute atomic E-state index is 11.6. The SMILES string of the molecule is CC(C#CC=CCO)=C(F)F. The molecule has 0 aliphatic rings. The quantitative estimate of drug-likeness (QED) is 0.576. The van der Waals surface area contributed by atoms with Gasteiger partial charge in [0.15, 0.2) is 0 Å². The van der Waals surface area contributed by atoms with Crippen molar-refractivity contribution in [2.24, 2.45) is 0 Å². The third-order valence-corrected chi connectivity index (χ3v) is 0.850. The highest BCUT2D eigenvalue weighted by Gasteiger charge is 1.91. The Kier molecular flexibility index (Phi) is 5.05. The van der Waals surface area contributed by atoms with Gasteiger partial charge in [0.2, 0.25) is 0 Å². The second kappa shape index (κ2) is 5.63. The zero-order valence-electron chi connectivity index (χ0n) is 6.06. The Morgan fingerprint density at radius 1 is 1.55 bits per heavy atom. The van der Waals surface area contributed by atoms with Crippen LogP contribution in [0.25, 0.3) is 0 Å². The van der Waals surface area contributed by atoms with Gasteiger partial charge in [-0.15, -0.1) is 0 Å². The molecule has 60 valence electrons. The molecule has 0 fully saturated rings. The number of halogens is 2. The van der Waals surface area contributed by atoms with Crippen molar-refractivity contribution in [3.05, 3.63) is 23.8 Å². The minimum atomic E-state index is -1.77. The van der Waals surface area contributed by atoms with Crippen LogP contribution in [0.2, 0.25) is 0 Å². The Morgan fingerprint density at radius 3 is 2.64 bits per heavy atom. The molecule has 0 spiro atoms. The summed E-state index contributed by atoms with van der Waals surface area (Å²) in [5.41, 5.74) is -0.243. The van der Waals surface area contributed by atoms with Crippen LogP contribution < -0.4 is 0 Å². The Hall–Kier alpha value is -1.14. The third-order valence-electron chi connectivity index (χ3n) is 0.850. The number of rotatable bonds is 1. The van der Waals surface area contributed by atoms with Gasteiger partial charge < -0.3 is 5.11 Å². The van der Waals surface area contributed by atoms with E-state index in [4.69, 9.17) is 5.11 Å². The average molecular weight is 158 g/mol. The molecule has 0 heterocycles. The highest BCUT2D eigenvalue weighted by molar-refractivity contribution is 5.31. The van der Waals surface area contributed by atoms with Crippen LogP contribution in [0, 0.1) is 11.8 Å².